The lowest BCUT2D eigenvalue weighted by molar-refractivity contribution is -0.302. The van der Waals surface area contributed by atoms with Gasteiger partial charge in [-0.3, -0.25) is 4.79 Å². The number of carbonyl (C=O) groups excluding carboxylic acids is 1. The van der Waals surface area contributed by atoms with Crippen molar-refractivity contribution >= 4 is 5.91 Å². The summed E-state index contributed by atoms with van der Waals surface area (Å²) >= 11 is 0. The standard InChI is InChI=1S/C85H151NO8/c1-3-5-7-9-11-13-15-17-19-21-23-25-27-29-31-33-35-36-37-38-39-40-41-42-43-44-45-47-49-51-53-55-57-59-61-63-65-67-69-71-73-75-81(89)86-78(77-93-85-84(92)83(91)82(90)80(76-87)94-85)79(88)74-72-70-68-66-64-62-60-58-56-54-52-50-48-46-34-32-30-28-26-24-22-20-18-16-14-12-10-8-6-4-2/h5,7,11,13,17,19,23,25,29,31,35-36,38-39,41-42,72,74,78-80,82-85,87-88,90-92H,3-4,6,8-10,12,14-16,18,20-22,24,26-28,30,32-34,37,40,43-71,73,75-77H2,1-2H3,(H,86,89)/b7-5-,13-11-,19-17-,25-23-,31-29-,36-35-,39-38-,42-41-,74-72+. The molecule has 0 radical (unpaired) electrons. The van der Waals surface area contributed by atoms with E-state index in [0.29, 0.717) is 6.42 Å². The molecule has 1 saturated heterocycles. The fourth-order valence-corrected chi connectivity index (χ4v) is 12.4. The van der Waals surface area contributed by atoms with E-state index in [1.807, 2.05) is 6.08 Å². The molecule has 0 aromatic heterocycles. The summed E-state index contributed by atoms with van der Waals surface area (Å²) in [6, 6.07) is -0.812. The summed E-state index contributed by atoms with van der Waals surface area (Å²) in [6.45, 7) is 3.71. The van der Waals surface area contributed by atoms with E-state index >= 15 is 0 Å². The third-order valence-electron chi connectivity index (χ3n) is 18.6. The predicted octanol–water partition coefficient (Wildman–Crippen LogP) is 23.1. The molecule has 1 aliphatic heterocycles. The lowest BCUT2D eigenvalue weighted by atomic mass is 9.99. The molecule has 544 valence electrons. The van der Waals surface area contributed by atoms with Crippen LogP contribution in [0.5, 0.6) is 0 Å². The number of unbranched alkanes of at least 4 members (excludes halogenated alkanes) is 44. The smallest absolute Gasteiger partial charge is 0.220 e. The lowest BCUT2D eigenvalue weighted by Gasteiger charge is -2.40. The first-order valence-corrected chi connectivity index (χ1v) is 40.1. The van der Waals surface area contributed by atoms with Gasteiger partial charge in [0.05, 0.1) is 25.4 Å². The Hall–Kier alpha value is -3.15. The molecule has 1 amide bonds. The molecule has 1 fully saturated rings. The Morgan fingerprint density at radius 3 is 0.979 bits per heavy atom. The van der Waals surface area contributed by atoms with Gasteiger partial charge in [0.15, 0.2) is 6.29 Å². The van der Waals surface area contributed by atoms with Crippen LogP contribution in [-0.4, -0.2) is 87.5 Å². The van der Waals surface area contributed by atoms with Gasteiger partial charge in [-0.1, -0.05) is 386 Å². The predicted molar refractivity (Wildman–Crippen MR) is 405 cm³/mol. The maximum Gasteiger partial charge on any atom is 0.220 e. The van der Waals surface area contributed by atoms with Crippen LogP contribution in [0.3, 0.4) is 0 Å². The quantitative estimate of drug-likeness (QED) is 0.0261. The summed E-state index contributed by atoms with van der Waals surface area (Å²) in [6.07, 6.45) is 101. The molecule has 0 bridgehead atoms. The van der Waals surface area contributed by atoms with Crippen LogP contribution in [0, 0.1) is 0 Å². The summed E-state index contributed by atoms with van der Waals surface area (Å²) in [5, 5.41) is 54.9. The van der Waals surface area contributed by atoms with Crippen molar-refractivity contribution in [3.8, 4) is 0 Å². The average Bonchev–Trinajstić information content (AvgIpc) is 0.831. The lowest BCUT2D eigenvalue weighted by Crippen LogP contribution is -2.60. The van der Waals surface area contributed by atoms with Crippen LogP contribution >= 0.6 is 0 Å². The third-order valence-corrected chi connectivity index (χ3v) is 18.6. The van der Waals surface area contributed by atoms with Crippen molar-refractivity contribution in [1.82, 2.24) is 5.32 Å². The molecule has 1 rings (SSSR count). The van der Waals surface area contributed by atoms with Crippen LogP contribution in [-0.2, 0) is 14.3 Å². The Balaban J connectivity index is 2.08. The van der Waals surface area contributed by atoms with Crippen molar-refractivity contribution in [2.45, 2.75) is 410 Å². The van der Waals surface area contributed by atoms with Crippen molar-refractivity contribution < 1.29 is 39.8 Å². The Bertz CT molecular complexity index is 1870. The average molecular weight is 1320 g/mol. The molecule has 0 aliphatic carbocycles. The fourth-order valence-electron chi connectivity index (χ4n) is 12.4. The minimum absolute atomic E-state index is 0.174. The van der Waals surface area contributed by atoms with Crippen molar-refractivity contribution in [2.24, 2.45) is 0 Å². The van der Waals surface area contributed by atoms with E-state index < -0.39 is 49.5 Å². The molecule has 0 aromatic rings. The highest BCUT2D eigenvalue weighted by atomic mass is 16.7. The van der Waals surface area contributed by atoms with Gasteiger partial charge in [-0.15, -0.1) is 0 Å². The van der Waals surface area contributed by atoms with Gasteiger partial charge in [0, 0.05) is 6.42 Å². The van der Waals surface area contributed by atoms with Crippen molar-refractivity contribution in [1.29, 1.82) is 0 Å². The number of hydrogen-bond donors (Lipinski definition) is 6. The molecule has 1 heterocycles. The Kier molecular flexibility index (Phi) is 68.6. The zero-order chi connectivity index (χ0) is 67.8. The first-order valence-electron chi connectivity index (χ1n) is 40.1. The molecule has 9 nitrogen and oxygen atoms in total. The van der Waals surface area contributed by atoms with E-state index in [1.54, 1.807) is 6.08 Å². The van der Waals surface area contributed by atoms with Crippen LogP contribution in [0.4, 0.5) is 0 Å². The van der Waals surface area contributed by atoms with Crippen LogP contribution in [0.15, 0.2) is 109 Å². The Morgan fingerprint density at radius 1 is 0.372 bits per heavy atom. The summed E-state index contributed by atoms with van der Waals surface area (Å²) in [5.74, 6) is -0.174. The van der Waals surface area contributed by atoms with Gasteiger partial charge in [0.1, 0.15) is 24.4 Å². The number of allylic oxidation sites excluding steroid dienone is 17. The number of amides is 1. The van der Waals surface area contributed by atoms with Gasteiger partial charge in [-0.25, -0.2) is 0 Å². The monoisotopic (exact) mass is 1310 g/mol. The molecule has 7 atom stereocenters. The Morgan fingerprint density at radius 2 is 0.660 bits per heavy atom. The molecular formula is C85H151NO8. The van der Waals surface area contributed by atoms with Gasteiger partial charge in [0.25, 0.3) is 0 Å². The van der Waals surface area contributed by atoms with Crippen molar-refractivity contribution in [2.75, 3.05) is 13.2 Å². The van der Waals surface area contributed by atoms with E-state index in [4.69, 9.17) is 9.47 Å². The van der Waals surface area contributed by atoms with Crippen molar-refractivity contribution in [3.63, 3.8) is 0 Å². The highest BCUT2D eigenvalue weighted by molar-refractivity contribution is 5.76. The SMILES string of the molecule is CC/C=C\C/C=C\C/C=C\C/C=C\C/C=C\C/C=C\C/C=C\C/C=C\CCCCCCCCCCCCCCCCCCC(=O)NC(COC1OC(CO)C(O)C(O)C1O)C(O)/C=C/CCCCCCCCCCCCCCCCCCCCCCCCCCCCCC. The fraction of sp³-hybridized carbons (Fsp3) is 0.776. The first kappa shape index (κ1) is 88.9. The van der Waals surface area contributed by atoms with Crippen LogP contribution in [0.2, 0.25) is 0 Å². The maximum atomic E-state index is 13.2. The topological polar surface area (TPSA) is 149 Å². The van der Waals surface area contributed by atoms with Crippen molar-refractivity contribution in [3.05, 3.63) is 109 Å². The minimum Gasteiger partial charge on any atom is -0.394 e. The second-order valence-corrected chi connectivity index (χ2v) is 27.5. The molecule has 94 heavy (non-hydrogen) atoms. The van der Waals surface area contributed by atoms with Gasteiger partial charge in [-0.2, -0.15) is 0 Å². The third kappa shape index (κ3) is 60.1. The van der Waals surface area contributed by atoms with Crippen LogP contribution in [0.1, 0.15) is 367 Å². The number of nitrogens with one attached hydrogen (secondary N) is 1. The summed E-state index contributed by atoms with van der Waals surface area (Å²) in [4.78, 5) is 13.2. The summed E-state index contributed by atoms with van der Waals surface area (Å²) in [5.41, 5.74) is 0. The number of rotatable bonds is 70. The van der Waals surface area contributed by atoms with Gasteiger partial charge >= 0.3 is 0 Å². The molecule has 6 N–H and O–H groups in total. The van der Waals surface area contributed by atoms with E-state index in [1.165, 1.54) is 257 Å². The number of ether oxygens (including phenoxy) is 2. The van der Waals surface area contributed by atoms with Crippen LogP contribution in [0.25, 0.3) is 0 Å². The van der Waals surface area contributed by atoms with E-state index in [9.17, 15) is 30.3 Å². The van der Waals surface area contributed by atoms with E-state index in [-0.39, 0.29) is 12.5 Å². The van der Waals surface area contributed by atoms with Gasteiger partial charge < -0.3 is 40.3 Å². The molecule has 0 aromatic carbocycles. The van der Waals surface area contributed by atoms with Gasteiger partial charge in [-0.05, 0) is 83.5 Å². The van der Waals surface area contributed by atoms with E-state index in [2.05, 4.69) is 116 Å². The van der Waals surface area contributed by atoms with E-state index in [0.717, 1.165) is 89.9 Å². The first-order chi connectivity index (χ1) is 46.3. The number of carbonyl (C=O) groups is 1. The minimum atomic E-state index is -1.57. The number of aliphatic hydroxyl groups is 5. The van der Waals surface area contributed by atoms with Crippen LogP contribution < -0.4 is 5.32 Å². The summed E-state index contributed by atoms with van der Waals surface area (Å²) < 4.78 is 11.3. The highest BCUT2D eigenvalue weighted by Gasteiger charge is 2.44. The zero-order valence-electron chi connectivity index (χ0n) is 61.2. The Labute approximate surface area is 580 Å². The number of aliphatic hydroxyl groups excluding tert-OH is 5. The molecule has 0 saturated carbocycles. The number of hydrogen-bond acceptors (Lipinski definition) is 8. The molecule has 7 unspecified atom stereocenters. The summed E-state index contributed by atoms with van der Waals surface area (Å²) in [7, 11) is 0. The second kappa shape index (κ2) is 72.6. The largest absolute Gasteiger partial charge is 0.394 e. The normalized spacial score (nSPS) is 18.1. The molecular weight excluding hydrogens is 1160 g/mol. The zero-order valence-corrected chi connectivity index (χ0v) is 61.2. The second-order valence-electron chi connectivity index (χ2n) is 27.5. The van der Waals surface area contributed by atoms with Gasteiger partial charge in [0.2, 0.25) is 5.91 Å². The molecule has 0 spiro atoms. The highest BCUT2D eigenvalue weighted by Crippen LogP contribution is 2.24. The maximum absolute atomic E-state index is 13.2. The molecule has 1 aliphatic rings. The molecule has 9 heteroatoms.